The summed E-state index contributed by atoms with van der Waals surface area (Å²) >= 11 is 1.85. The third-order valence-corrected chi connectivity index (χ3v) is 6.91. The van der Waals surface area contributed by atoms with Gasteiger partial charge in [-0.3, -0.25) is 4.21 Å². The van der Waals surface area contributed by atoms with E-state index in [-0.39, 0.29) is 0 Å². The van der Waals surface area contributed by atoms with Crippen molar-refractivity contribution in [1.82, 2.24) is 5.32 Å². The number of nitrogens with one attached hydrogen (secondary N) is 1. The summed E-state index contributed by atoms with van der Waals surface area (Å²) in [5, 5.41) is 6.40. The number of hydrogen-bond donors (Lipinski definition) is 1. The number of hydrogen-bond acceptors (Lipinski definition) is 3. The fourth-order valence-corrected chi connectivity index (χ4v) is 5.23. The Morgan fingerprint density at radius 2 is 2.30 bits per heavy atom. The van der Waals surface area contributed by atoms with Gasteiger partial charge in [-0.05, 0) is 43.6 Å². The summed E-state index contributed by atoms with van der Waals surface area (Å²) < 4.78 is 12.0. The Labute approximate surface area is 129 Å². The molecule has 20 heavy (non-hydrogen) atoms. The molecule has 2 nitrogen and oxygen atoms in total. The van der Waals surface area contributed by atoms with Gasteiger partial charge in [0, 0.05) is 38.8 Å². The van der Waals surface area contributed by atoms with Crippen LogP contribution in [-0.4, -0.2) is 27.3 Å². The van der Waals surface area contributed by atoms with Crippen LogP contribution in [0.2, 0.25) is 0 Å². The molecule has 4 unspecified atom stereocenters. The zero-order valence-corrected chi connectivity index (χ0v) is 14.3. The van der Waals surface area contributed by atoms with Crippen LogP contribution < -0.4 is 5.32 Å². The zero-order chi connectivity index (χ0) is 14.4. The van der Waals surface area contributed by atoms with Gasteiger partial charge in [0.15, 0.2) is 0 Å². The van der Waals surface area contributed by atoms with Gasteiger partial charge in [0.05, 0.1) is 0 Å². The van der Waals surface area contributed by atoms with Gasteiger partial charge in [-0.15, -0.1) is 11.3 Å². The molecule has 1 fully saturated rings. The van der Waals surface area contributed by atoms with E-state index in [1.54, 1.807) is 0 Å². The molecule has 1 aliphatic rings. The highest BCUT2D eigenvalue weighted by Crippen LogP contribution is 2.24. The first-order chi connectivity index (χ1) is 9.72. The molecule has 0 aromatic carbocycles. The van der Waals surface area contributed by atoms with Crippen LogP contribution in [0.4, 0.5) is 0 Å². The van der Waals surface area contributed by atoms with Gasteiger partial charge in [-0.25, -0.2) is 0 Å². The lowest BCUT2D eigenvalue weighted by atomic mass is 9.93. The normalized spacial score (nSPS) is 26.3. The second-order valence-corrected chi connectivity index (χ2v) is 8.75. The second-order valence-electron chi connectivity index (χ2n) is 5.71. The molecular formula is C16H27NOS2. The van der Waals surface area contributed by atoms with Crippen LogP contribution in [0.25, 0.3) is 0 Å². The highest BCUT2D eigenvalue weighted by Gasteiger charge is 2.26. The first kappa shape index (κ1) is 16.2. The molecule has 1 aromatic heterocycles. The van der Waals surface area contributed by atoms with Gasteiger partial charge in [0.25, 0.3) is 0 Å². The van der Waals surface area contributed by atoms with E-state index in [2.05, 4.69) is 29.8 Å². The van der Waals surface area contributed by atoms with Crippen molar-refractivity contribution in [3.8, 4) is 0 Å². The van der Waals surface area contributed by atoms with Crippen molar-refractivity contribution in [3.63, 3.8) is 0 Å². The number of thiophene rings is 1. The SMILES string of the molecule is CCC(Cc1cccs1)NC1CCCC(S(=O)CC)C1. The Morgan fingerprint density at radius 3 is 2.95 bits per heavy atom. The minimum absolute atomic E-state index is 0.422. The van der Waals surface area contributed by atoms with Crippen LogP contribution >= 0.6 is 11.3 Å². The van der Waals surface area contributed by atoms with Gasteiger partial charge >= 0.3 is 0 Å². The fraction of sp³-hybridized carbons (Fsp3) is 0.750. The standard InChI is InChI=1S/C16H27NOS2/c1-3-13(11-15-8-6-10-19-15)17-14-7-5-9-16(12-14)20(18)4-2/h6,8,10,13-14,16-17H,3-5,7,9,11-12H2,1-2H3. The summed E-state index contributed by atoms with van der Waals surface area (Å²) in [6, 6.07) is 5.49. The van der Waals surface area contributed by atoms with Crippen molar-refractivity contribution in [1.29, 1.82) is 0 Å². The predicted octanol–water partition coefficient (Wildman–Crippen LogP) is 3.74. The summed E-state index contributed by atoms with van der Waals surface area (Å²) in [7, 11) is -0.620. The van der Waals surface area contributed by atoms with E-state index in [1.165, 1.54) is 17.7 Å². The smallest absolute Gasteiger partial charge is 0.0362 e. The summed E-state index contributed by atoms with van der Waals surface area (Å²) in [4.78, 5) is 1.47. The third-order valence-electron chi connectivity index (χ3n) is 4.27. The average Bonchev–Trinajstić information content (AvgIpc) is 2.99. The van der Waals surface area contributed by atoms with E-state index in [0.29, 0.717) is 17.3 Å². The molecule has 2 rings (SSSR count). The molecule has 0 aliphatic heterocycles. The van der Waals surface area contributed by atoms with Crippen LogP contribution in [0.1, 0.15) is 50.8 Å². The molecule has 1 aromatic rings. The molecule has 1 heterocycles. The van der Waals surface area contributed by atoms with E-state index >= 15 is 0 Å². The highest BCUT2D eigenvalue weighted by molar-refractivity contribution is 7.85. The summed E-state index contributed by atoms with van der Waals surface area (Å²) in [6.45, 7) is 4.30. The molecule has 0 spiro atoms. The van der Waals surface area contributed by atoms with Gasteiger partial charge in [-0.1, -0.05) is 26.3 Å². The fourth-order valence-electron chi connectivity index (χ4n) is 3.10. The Bertz CT molecular complexity index is 405. The highest BCUT2D eigenvalue weighted by atomic mass is 32.2. The molecule has 0 amide bonds. The molecule has 1 saturated carbocycles. The van der Waals surface area contributed by atoms with Gasteiger partial charge in [0.2, 0.25) is 0 Å². The van der Waals surface area contributed by atoms with Crippen molar-refractivity contribution in [3.05, 3.63) is 22.4 Å². The molecular weight excluding hydrogens is 286 g/mol. The van der Waals surface area contributed by atoms with Crippen molar-refractivity contribution < 1.29 is 4.21 Å². The van der Waals surface area contributed by atoms with Crippen molar-refractivity contribution in [2.24, 2.45) is 0 Å². The topological polar surface area (TPSA) is 29.1 Å². The average molecular weight is 314 g/mol. The minimum Gasteiger partial charge on any atom is -0.311 e. The van der Waals surface area contributed by atoms with Crippen LogP contribution in [0.5, 0.6) is 0 Å². The van der Waals surface area contributed by atoms with E-state index in [0.717, 1.165) is 31.4 Å². The Hall–Kier alpha value is -0.190. The van der Waals surface area contributed by atoms with E-state index in [1.807, 2.05) is 18.3 Å². The quantitative estimate of drug-likeness (QED) is 0.831. The van der Waals surface area contributed by atoms with E-state index in [9.17, 15) is 4.21 Å². The monoisotopic (exact) mass is 313 g/mol. The van der Waals surface area contributed by atoms with Gasteiger partial charge in [-0.2, -0.15) is 0 Å². The molecule has 4 atom stereocenters. The van der Waals surface area contributed by atoms with Crippen LogP contribution in [0.15, 0.2) is 17.5 Å². The van der Waals surface area contributed by atoms with E-state index in [4.69, 9.17) is 0 Å². The largest absolute Gasteiger partial charge is 0.311 e. The lowest BCUT2D eigenvalue weighted by Gasteiger charge is -2.32. The van der Waals surface area contributed by atoms with Crippen LogP contribution in [0.3, 0.4) is 0 Å². The Morgan fingerprint density at radius 1 is 1.45 bits per heavy atom. The van der Waals surface area contributed by atoms with E-state index < -0.39 is 10.8 Å². The van der Waals surface area contributed by atoms with Gasteiger partial charge < -0.3 is 5.32 Å². The first-order valence-electron chi connectivity index (χ1n) is 7.88. The molecule has 0 bridgehead atoms. The number of rotatable bonds is 7. The van der Waals surface area contributed by atoms with Crippen molar-refractivity contribution in [2.75, 3.05) is 5.75 Å². The molecule has 114 valence electrons. The summed E-state index contributed by atoms with van der Waals surface area (Å²) in [5.74, 6) is 0.809. The maximum atomic E-state index is 12.0. The first-order valence-corrected chi connectivity index (χ1v) is 10.1. The minimum atomic E-state index is -0.620. The molecule has 1 aliphatic carbocycles. The molecule has 1 N–H and O–H groups in total. The predicted molar refractivity (Wildman–Crippen MR) is 90.0 cm³/mol. The maximum Gasteiger partial charge on any atom is 0.0362 e. The second kappa shape index (κ2) is 8.30. The van der Waals surface area contributed by atoms with Crippen molar-refractivity contribution >= 4 is 22.1 Å². The van der Waals surface area contributed by atoms with Gasteiger partial charge in [0.1, 0.15) is 0 Å². The Balaban J connectivity index is 1.85. The van der Waals surface area contributed by atoms with Crippen LogP contribution in [0, 0.1) is 0 Å². The molecule has 0 saturated heterocycles. The van der Waals surface area contributed by atoms with Crippen molar-refractivity contribution in [2.45, 2.75) is 69.7 Å². The summed E-state index contributed by atoms with van der Waals surface area (Å²) in [6.07, 6.45) is 7.02. The third kappa shape index (κ3) is 4.68. The Kier molecular flexibility index (Phi) is 6.72. The lowest BCUT2D eigenvalue weighted by molar-refractivity contribution is 0.333. The molecule has 0 radical (unpaired) electrons. The molecule has 4 heteroatoms. The lowest BCUT2D eigenvalue weighted by Crippen LogP contribution is -2.43. The summed E-state index contributed by atoms with van der Waals surface area (Å²) in [5.41, 5.74) is 0. The maximum absolute atomic E-state index is 12.0. The van der Waals surface area contributed by atoms with Crippen LogP contribution in [-0.2, 0) is 17.2 Å². The zero-order valence-electron chi connectivity index (χ0n) is 12.6.